The molecule has 0 fully saturated rings. The van der Waals surface area contributed by atoms with Gasteiger partial charge in [-0.15, -0.1) is 6.58 Å². The molecule has 1 heterocycles. The Kier molecular flexibility index (Phi) is 15.1. The number of ether oxygens (including phenoxy) is 1. The predicted molar refractivity (Wildman–Crippen MR) is 172 cm³/mol. The highest BCUT2D eigenvalue weighted by molar-refractivity contribution is 9.10. The van der Waals surface area contributed by atoms with Crippen LogP contribution in [0.25, 0.3) is 34.3 Å². The van der Waals surface area contributed by atoms with Gasteiger partial charge >= 0.3 is 0 Å². The van der Waals surface area contributed by atoms with Crippen molar-refractivity contribution in [2.75, 3.05) is 6.61 Å². The van der Waals surface area contributed by atoms with Crippen LogP contribution in [0.1, 0.15) is 66.3 Å². The molecule has 0 saturated heterocycles. The van der Waals surface area contributed by atoms with Gasteiger partial charge in [-0.1, -0.05) is 80.1 Å². The Bertz CT molecular complexity index is 1400. The van der Waals surface area contributed by atoms with E-state index in [1.807, 2.05) is 39.8 Å². The van der Waals surface area contributed by atoms with Crippen molar-refractivity contribution in [1.82, 2.24) is 9.97 Å². The van der Waals surface area contributed by atoms with Gasteiger partial charge in [0, 0.05) is 4.47 Å². The summed E-state index contributed by atoms with van der Waals surface area (Å²) in [6, 6.07) is 18.9. The molecule has 3 nitrogen and oxygen atoms in total. The Morgan fingerprint density at radius 1 is 1.00 bits per heavy atom. The SMILES string of the molecule is C=CC.C=c1ccc(Br)cc1=C(C)C.CC.CCCOc1ccc(-c2ccc3nc(C)[nH]c3c2)cc1CC. The van der Waals surface area contributed by atoms with Gasteiger partial charge in [-0.3, -0.25) is 0 Å². The number of nitrogens with zero attached hydrogens (tertiary/aromatic N) is 1. The monoisotopic (exact) mass is 576 g/mol. The van der Waals surface area contributed by atoms with Crippen LogP contribution >= 0.6 is 15.9 Å². The normalized spacial score (nSPS) is 9.71. The first-order valence-corrected chi connectivity index (χ1v) is 14.2. The number of H-pyrrole nitrogens is 1. The van der Waals surface area contributed by atoms with Gasteiger partial charge < -0.3 is 9.72 Å². The topological polar surface area (TPSA) is 37.9 Å². The summed E-state index contributed by atoms with van der Waals surface area (Å²) in [7, 11) is 0. The molecule has 1 aromatic heterocycles. The van der Waals surface area contributed by atoms with E-state index < -0.39 is 0 Å². The van der Waals surface area contributed by atoms with Crippen LogP contribution in [0.2, 0.25) is 0 Å². The van der Waals surface area contributed by atoms with Gasteiger partial charge in [-0.2, -0.15) is 0 Å². The number of aromatic nitrogens is 2. The second-order valence-electron chi connectivity index (χ2n) is 8.79. The van der Waals surface area contributed by atoms with Crippen LogP contribution in [0.4, 0.5) is 0 Å². The van der Waals surface area contributed by atoms with Crippen molar-refractivity contribution in [3.8, 4) is 16.9 Å². The van der Waals surface area contributed by atoms with Crippen LogP contribution in [0.5, 0.6) is 5.75 Å². The maximum atomic E-state index is 5.83. The maximum absolute atomic E-state index is 5.83. The number of imidazole rings is 1. The average molecular weight is 578 g/mol. The van der Waals surface area contributed by atoms with Crippen molar-refractivity contribution in [1.29, 1.82) is 0 Å². The third-order valence-electron chi connectivity index (χ3n) is 5.45. The van der Waals surface area contributed by atoms with E-state index in [2.05, 4.69) is 109 Å². The Hall–Kier alpha value is -3.11. The Labute approximate surface area is 238 Å². The van der Waals surface area contributed by atoms with E-state index in [1.165, 1.54) is 27.5 Å². The Balaban J connectivity index is 0.000000379. The summed E-state index contributed by atoms with van der Waals surface area (Å²) in [5.74, 6) is 1.95. The van der Waals surface area contributed by atoms with Crippen LogP contribution in [-0.2, 0) is 6.42 Å². The number of benzene rings is 3. The minimum absolute atomic E-state index is 0.770. The number of hydrogen-bond donors (Lipinski definition) is 1. The fraction of sp³-hybridized carbons (Fsp3) is 0.324. The fourth-order valence-corrected chi connectivity index (χ4v) is 4.08. The van der Waals surface area contributed by atoms with Crippen LogP contribution in [0.3, 0.4) is 0 Å². The summed E-state index contributed by atoms with van der Waals surface area (Å²) < 4.78 is 6.94. The number of allylic oxidation sites excluding steroid dienone is 1. The lowest BCUT2D eigenvalue weighted by Crippen LogP contribution is -2.23. The summed E-state index contributed by atoms with van der Waals surface area (Å²) in [4.78, 5) is 7.75. The maximum Gasteiger partial charge on any atom is 0.122 e. The Morgan fingerprint density at radius 3 is 2.21 bits per heavy atom. The van der Waals surface area contributed by atoms with Gasteiger partial charge in [0.2, 0.25) is 0 Å². The lowest BCUT2D eigenvalue weighted by molar-refractivity contribution is 0.314. The highest BCUT2D eigenvalue weighted by atomic mass is 79.9. The molecule has 0 unspecified atom stereocenters. The molecule has 0 saturated carbocycles. The minimum atomic E-state index is 0.770. The molecule has 0 bridgehead atoms. The molecule has 204 valence electrons. The van der Waals surface area contributed by atoms with E-state index in [9.17, 15) is 0 Å². The first-order valence-electron chi connectivity index (χ1n) is 13.5. The molecule has 0 radical (unpaired) electrons. The molecule has 3 aromatic carbocycles. The zero-order valence-corrected chi connectivity index (χ0v) is 26.1. The van der Waals surface area contributed by atoms with Gasteiger partial charge in [0.1, 0.15) is 11.6 Å². The molecule has 0 spiro atoms. The van der Waals surface area contributed by atoms with Gasteiger partial charge in [0.05, 0.1) is 17.6 Å². The molecule has 38 heavy (non-hydrogen) atoms. The summed E-state index contributed by atoms with van der Waals surface area (Å²) >= 11 is 3.42. The van der Waals surface area contributed by atoms with Gasteiger partial charge in [0.25, 0.3) is 0 Å². The highest BCUT2D eigenvalue weighted by Gasteiger charge is 2.07. The van der Waals surface area contributed by atoms with Crippen molar-refractivity contribution in [3.63, 3.8) is 0 Å². The predicted octanol–water partition coefficient (Wildman–Crippen LogP) is 9.16. The van der Waals surface area contributed by atoms with E-state index in [-0.39, 0.29) is 0 Å². The first-order chi connectivity index (χ1) is 18.2. The molecule has 4 heteroatoms. The first kappa shape index (κ1) is 32.9. The summed E-state index contributed by atoms with van der Waals surface area (Å²) in [6.07, 6.45) is 3.75. The van der Waals surface area contributed by atoms with E-state index in [4.69, 9.17) is 4.74 Å². The molecule has 0 amide bonds. The molecule has 4 rings (SSSR count). The number of aryl methyl sites for hydroxylation is 2. The molecule has 0 aliphatic rings. The Morgan fingerprint density at radius 2 is 1.63 bits per heavy atom. The summed E-state index contributed by atoms with van der Waals surface area (Å²) in [6.45, 7) is 24.4. The fourth-order valence-electron chi connectivity index (χ4n) is 3.72. The van der Waals surface area contributed by atoms with E-state index in [0.29, 0.717) is 0 Å². The van der Waals surface area contributed by atoms with Gasteiger partial charge in [0.15, 0.2) is 0 Å². The van der Waals surface area contributed by atoms with Crippen molar-refractivity contribution in [2.45, 2.75) is 68.2 Å². The molecule has 1 N–H and O–H groups in total. The van der Waals surface area contributed by atoms with Crippen molar-refractivity contribution < 1.29 is 4.74 Å². The third-order valence-corrected chi connectivity index (χ3v) is 5.94. The summed E-state index contributed by atoms with van der Waals surface area (Å²) in [5, 5.41) is 2.33. The van der Waals surface area contributed by atoms with Crippen LogP contribution < -0.4 is 15.2 Å². The second-order valence-corrected chi connectivity index (χ2v) is 9.70. The molecule has 0 aliphatic carbocycles. The second kappa shape index (κ2) is 17.4. The zero-order valence-electron chi connectivity index (χ0n) is 24.5. The number of rotatable bonds is 5. The van der Waals surface area contributed by atoms with Crippen LogP contribution in [-0.4, -0.2) is 16.6 Å². The summed E-state index contributed by atoms with van der Waals surface area (Å²) in [5.41, 5.74) is 7.07. The number of fused-ring (bicyclic) bond motifs is 1. The van der Waals surface area contributed by atoms with Gasteiger partial charge in [-0.25, -0.2) is 4.98 Å². The zero-order chi connectivity index (χ0) is 28.7. The van der Waals surface area contributed by atoms with E-state index in [1.54, 1.807) is 6.08 Å². The number of aromatic amines is 1. The molecular weight excluding hydrogens is 532 g/mol. The smallest absolute Gasteiger partial charge is 0.122 e. The van der Waals surface area contributed by atoms with E-state index >= 15 is 0 Å². The highest BCUT2D eigenvalue weighted by Crippen LogP contribution is 2.29. The van der Waals surface area contributed by atoms with Crippen molar-refractivity contribution in [3.05, 3.63) is 93.6 Å². The average Bonchev–Trinajstić information content (AvgIpc) is 3.30. The van der Waals surface area contributed by atoms with Crippen molar-refractivity contribution >= 4 is 39.1 Å². The van der Waals surface area contributed by atoms with Crippen LogP contribution in [0, 0.1) is 6.92 Å². The minimum Gasteiger partial charge on any atom is -0.493 e. The molecule has 4 aromatic rings. The third kappa shape index (κ3) is 9.98. The number of halogens is 1. The van der Waals surface area contributed by atoms with E-state index in [0.717, 1.165) is 51.7 Å². The van der Waals surface area contributed by atoms with Crippen molar-refractivity contribution in [2.24, 2.45) is 0 Å². The van der Waals surface area contributed by atoms with Crippen LogP contribution in [0.15, 0.2) is 71.7 Å². The quantitative estimate of drug-likeness (QED) is 0.240. The van der Waals surface area contributed by atoms with Gasteiger partial charge in [-0.05, 0) is 104 Å². The lowest BCUT2D eigenvalue weighted by Gasteiger charge is -2.12. The lowest BCUT2D eigenvalue weighted by atomic mass is 10.0. The molecule has 0 aliphatic heterocycles. The molecule has 0 atom stereocenters. The molecular formula is C34H45BrN2O. The number of nitrogens with one attached hydrogen (secondary N) is 1. The number of hydrogen-bond acceptors (Lipinski definition) is 2. The standard InChI is InChI=1S/C19H22N2O.C10H11Br.C3H6.C2H6/c1-4-10-22-19-9-7-15(11-14(19)5-2)16-6-8-17-18(12-16)21-13(3)20-17;1-7(2)10-6-9(11)5-4-8(10)3;1-3-2;1-2/h6-9,11-12H,4-5,10H2,1-3H3,(H,20,21);4-6H,3H2,1-2H3;3H,1H2,2H3;1-2H3. The largest absolute Gasteiger partial charge is 0.493 e.